The summed E-state index contributed by atoms with van der Waals surface area (Å²) in [5.41, 5.74) is 2.42. The molecule has 1 radical (unpaired) electrons. The zero-order valence-corrected chi connectivity index (χ0v) is 7.76. The summed E-state index contributed by atoms with van der Waals surface area (Å²) >= 11 is 0. The number of hydrogen-bond donors (Lipinski definition) is 0. The van der Waals surface area contributed by atoms with E-state index in [9.17, 15) is 0 Å². The fourth-order valence-electron chi connectivity index (χ4n) is 1.04. The molecule has 12 heavy (non-hydrogen) atoms. The Morgan fingerprint density at radius 1 is 1.33 bits per heavy atom. The molecule has 0 amide bonds. The van der Waals surface area contributed by atoms with Crippen LogP contribution in [0.4, 0.5) is 0 Å². The Bertz CT molecular complexity index is 253. The highest BCUT2D eigenvalue weighted by molar-refractivity contribution is 5.35. The first-order chi connectivity index (χ1) is 5.74. The van der Waals surface area contributed by atoms with Crippen molar-refractivity contribution in [1.82, 2.24) is 0 Å². The van der Waals surface area contributed by atoms with E-state index in [1.165, 1.54) is 11.1 Å². The maximum atomic E-state index is 5.50. The molecule has 1 heteroatoms. The Kier molecular flexibility index (Phi) is 3.15. The monoisotopic (exact) mass is 163 g/mol. The van der Waals surface area contributed by atoms with Gasteiger partial charge in [-0.2, -0.15) is 0 Å². The topological polar surface area (TPSA) is 9.23 Å². The zero-order chi connectivity index (χ0) is 8.97. The zero-order valence-electron chi connectivity index (χ0n) is 7.76. The summed E-state index contributed by atoms with van der Waals surface area (Å²) in [6.07, 6.45) is 0.813. The first kappa shape index (κ1) is 9.11. The van der Waals surface area contributed by atoms with Gasteiger partial charge in [-0.15, -0.1) is 0 Å². The predicted octanol–water partition coefficient (Wildman–Crippen LogP) is 2.91. The molecule has 1 aromatic rings. The van der Waals surface area contributed by atoms with Gasteiger partial charge in [0.05, 0.1) is 6.61 Å². The van der Waals surface area contributed by atoms with E-state index in [0.29, 0.717) is 6.61 Å². The minimum Gasteiger partial charge on any atom is -0.493 e. The number of hydrogen-bond acceptors (Lipinski definition) is 1. The van der Waals surface area contributed by atoms with Gasteiger partial charge >= 0.3 is 0 Å². The summed E-state index contributed by atoms with van der Waals surface area (Å²) in [7, 11) is 0. The van der Waals surface area contributed by atoms with E-state index in [-0.39, 0.29) is 0 Å². The van der Waals surface area contributed by atoms with Crippen molar-refractivity contribution in [2.24, 2.45) is 0 Å². The van der Waals surface area contributed by atoms with Crippen LogP contribution in [0.15, 0.2) is 18.2 Å². The molecule has 0 aliphatic rings. The van der Waals surface area contributed by atoms with Gasteiger partial charge in [-0.25, -0.2) is 0 Å². The van der Waals surface area contributed by atoms with Crippen molar-refractivity contribution < 1.29 is 4.74 Å². The molecule has 0 fully saturated rings. The van der Waals surface area contributed by atoms with Crippen molar-refractivity contribution in [3.63, 3.8) is 0 Å². The number of ether oxygens (including phenoxy) is 1. The van der Waals surface area contributed by atoms with Crippen LogP contribution in [0.25, 0.3) is 0 Å². The second kappa shape index (κ2) is 4.15. The largest absolute Gasteiger partial charge is 0.493 e. The molecule has 0 aromatic heterocycles. The minimum atomic E-state index is 0.699. The van der Waals surface area contributed by atoms with Crippen molar-refractivity contribution in [2.45, 2.75) is 20.3 Å². The number of rotatable bonds is 3. The molecule has 0 aliphatic heterocycles. The smallest absolute Gasteiger partial charge is 0.122 e. The number of benzene rings is 1. The van der Waals surface area contributed by atoms with Gasteiger partial charge in [0.15, 0.2) is 0 Å². The first-order valence-electron chi connectivity index (χ1n) is 4.23. The van der Waals surface area contributed by atoms with Gasteiger partial charge in [0.1, 0.15) is 5.75 Å². The molecule has 1 rings (SSSR count). The third-order valence-corrected chi connectivity index (χ3v) is 1.75. The van der Waals surface area contributed by atoms with E-state index in [0.717, 1.165) is 12.2 Å². The van der Waals surface area contributed by atoms with Crippen LogP contribution in [-0.2, 0) is 0 Å². The van der Waals surface area contributed by atoms with Crippen LogP contribution in [0.3, 0.4) is 0 Å². The summed E-state index contributed by atoms with van der Waals surface area (Å²) in [5.74, 6) is 0.985. The van der Waals surface area contributed by atoms with Crippen LogP contribution in [0.5, 0.6) is 5.75 Å². The minimum absolute atomic E-state index is 0.699. The summed E-state index contributed by atoms with van der Waals surface area (Å²) < 4.78 is 5.50. The lowest BCUT2D eigenvalue weighted by Crippen LogP contribution is -1.97. The van der Waals surface area contributed by atoms with E-state index in [1.807, 2.05) is 0 Å². The summed E-state index contributed by atoms with van der Waals surface area (Å²) in [6.45, 7) is 8.55. The molecule has 0 heterocycles. The van der Waals surface area contributed by atoms with Crippen LogP contribution < -0.4 is 4.74 Å². The van der Waals surface area contributed by atoms with Gasteiger partial charge in [0.25, 0.3) is 0 Å². The summed E-state index contributed by atoms with van der Waals surface area (Å²) in [6, 6.07) is 6.23. The third-order valence-electron chi connectivity index (χ3n) is 1.75. The summed E-state index contributed by atoms with van der Waals surface area (Å²) in [4.78, 5) is 0. The molecule has 0 saturated carbocycles. The molecular formula is C11H15O. The number of aryl methyl sites for hydroxylation is 2. The fourth-order valence-corrected chi connectivity index (χ4v) is 1.04. The van der Waals surface area contributed by atoms with Gasteiger partial charge in [0.2, 0.25) is 0 Å². The Balaban J connectivity index is 2.75. The second-order valence-corrected chi connectivity index (χ2v) is 2.97. The molecule has 0 aliphatic carbocycles. The van der Waals surface area contributed by atoms with Gasteiger partial charge < -0.3 is 4.74 Å². The van der Waals surface area contributed by atoms with Crippen LogP contribution in [0.2, 0.25) is 0 Å². The molecule has 1 aromatic carbocycles. The van der Waals surface area contributed by atoms with E-state index < -0.39 is 0 Å². The third kappa shape index (κ3) is 2.26. The Labute approximate surface area is 74.4 Å². The highest BCUT2D eigenvalue weighted by atomic mass is 16.5. The Morgan fingerprint density at radius 3 is 2.75 bits per heavy atom. The standard InChI is InChI=1S/C11H15O/c1-4-7-12-11-8-9(2)5-6-10(11)3/h5-6,8H,1,4,7H2,2-3H3. The van der Waals surface area contributed by atoms with Gasteiger partial charge in [-0.1, -0.05) is 12.1 Å². The average molecular weight is 163 g/mol. The maximum absolute atomic E-state index is 5.50. The van der Waals surface area contributed by atoms with E-state index in [1.54, 1.807) is 0 Å². The average Bonchev–Trinajstić information content (AvgIpc) is 2.07. The molecule has 0 spiro atoms. The second-order valence-electron chi connectivity index (χ2n) is 2.97. The van der Waals surface area contributed by atoms with Crippen LogP contribution in [-0.4, -0.2) is 6.61 Å². The summed E-state index contributed by atoms with van der Waals surface area (Å²) in [5, 5.41) is 0. The van der Waals surface area contributed by atoms with Gasteiger partial charge in [0, 0.05) is 0 Å². The quantitative estimate of drug-likeness (QED) is 0.665. The van der Waals surface area contributed by atoms with E-state index in [4.69, 9.17) is 4.74 Å². The molecule has 65 valence electrons. The van der Waals surface area contributed by atoms with Crippen LogP contribution >= 0.6 is 0 Å². The first-order valence-corrected chi connectivity index (χ1v) is 4.23. The lowest BCUT2D eigenvalue weighted by atomic mass is 10.1. The molecule has 1 nitrogen and oxygen atoms in total. The molecule has 0 saturated heterocycles. The molecule has 0 bridgehead atoms. The van der Waals surface area contributed by atoms with Crippen molar-refractivity contribution in [2.75, 3.05) is 6.61 Å². The highest BCUT2D eigenvalue weighted by Gasteiger charge is 1.97. The van der Waals surface area contributed by atoms with Crippen molar-refractivity contribution in [3.8, 4) is 5.75 Å². The molecular weight excluding hydrogens is 148 g/mol. The highest BCUT2D eigenvalue weighted by Crippen LogP contribution is 2.18. The Hall–Kier alpha value is -0.980. The van der Waals surface area contributed by atoms with Crippen molar-refractivity contribution >= 4 is 0 Å². The van der Waals surface area contributed by atoms with Crippen molar-refractivity contribution in [1.29, 1.82) is 0 Å². The Morgan fingerprint density at radius 2 is 2.08 bits per heavy atom. The van der Waals surface area contributed by atoms with Crippen LogP contribution in [0, 0.1) is 20.8 Å². The molecule has 0 atom stereocenters. The predicted molar refractivity (Wildman–Crippen MR) is 51.4 cm³/mol. The van der Waals surface area contributed by atoms with Gasteiger partial charge in [-0.05, 0) is 44.4 Å². The van der Waals surface area contributed by atoms with Gasteiger partial charge in [-0.3, -0.25) is 0 Å². The lowest BCUT2D eigenvalue weighted by molar-refractivity contribution is 0.322. The van der Waals surface area contributed by atoms with Crippen molar-refractivity contribution in [3.05, 3.63) is 36.2 Å². The van der Waals surface area contributed by atoms with E-state index in [2.05, 4.69) is 39.0 Å². The fraction of sp³-hybridized carbons (Fsp3) is 0.364. The lowest BCUT2D eigenvalue weighted by Gasteiger charge is -2.08. The normalized spacial score (nSPS) is 9.92. The molecule has 0 N–H and O–H groups in total. The van der Waals surface area contributed by atoms with Crippen LogP contribution in [0.1, 0.15) is 17.5 Å². The van der Waals surface area contributed by atoms with E-state index >= 15 is 0 Å². The molecule has 0 unspecified atom stereocenters. The SMILES string of the molecule is [CH2]CCOc1cc(C)ccc1C. The maximum Gasteiger partial charge on any atom is 0.122 e.